The Morgan fingerprint density at radius 2 is 2.00 bits per heavy atom. The number of quaternary nitrogens is 1. The number of likely N-dealkylation sites (N-methyl/N-ethyl adjacent to an activating group) is 1. The molecule has 85 valence electrons. The van der Waals surface area contributed by atoms with Crippen molar-refractivity contribution in [2.75, 3.05) is 14.2 Å². The third-order valence-electron chi connectivity index (χ3n) is 2.79. The van der Waals surface area contributed by atoms with E-state index in [-0.39, 0.29) is 16.4 Å². The number of methoxy groups -OCH3 is 1. The fraction of sp³-hybridized carbons (Fsp3) is 0.417. The van der Waals surface area contributed by atoms with Crippen LogP contribution in [0.25, 0.3) is 0 Å². The molecule has 3 nitrogen and oxygen atoms in total. The highest BCUT2D eigenvalue weighted by Gasteiger charge is 2.22. The molecule has 0 spiro atoms. The van der Waals surface area contributed by atoms with E-state index >= 15 is 0 Å². The minimum atomic E-state index is -0.384. The molecule has 0 heterocycles. The Labute approximate surface area is 98.0 Å². The molecule has 0 saturated carbocycles. The van der Waals surface area contributed by atoms with Crippen molar-refractivity contribution in [3.05, 3.63) is 35.9 Å². The van der Waals surface area contributed by atoms with Gasteiger partial charge < -0.3 is 9.13 Å². The molecule has 16 heavy (non-hydrogen) atoms. The van der Waals surface area contributed by atoms with Crippen LogP contribution in [0.15, 0.2) is 30.3 Å². The Morgan fingerprint density at radius 1 is 1.44 bits per heavy atom. The number of hydrogen-bond acceptors (Lipinski definition) is 2. The average Bonchev–Trinajstić information content (AvgIpc) is 2.27. The van der Waals surface area contributed by atoms with Crippen LogP contribution in [0.5, 0.6) is 0 Å². The van der Waals surface area contributed by atoms with Crippen molar-refractivity contribution in [3.63, 3.8) is 0 Å². The van der Waals surface area contributed by atoms with Gasteiger partial charge in [0, 0.05) is 12.6 Å². The predicted octanol–water partition coefficient (Wildman–Crippen LogP) is 1.28. The molecule has 2 atom stereocenters. The molecule has 0 aliphatic rings. The number of esters is 1. The minimum Gasteiger partial charge on any atom is -0.575 e. The van der Waals surface area contributed by atoms with E-state index in [1.165, 1.54) is 7.11 Å². The lowest BCUT2D eigenvalue weighted by Crippen LogP contribution is -2.52. The van der Waals surface area contributed by atoms with E-state index in [0.29, 0.717) is 6.54 Å². The summed E-state index contributed by atoms with van der Waals surface area (Å²) < 4.78 is 4.80. The first-order valence-corrected chi connectivity index (χ1v) is 5.23. The summed E-state index contributed by atoms with van der Waals surface area (Å²) in [7, 11) is 9.30. The third kappa shape index (κ3) is 3.10. The highest BCUT2D eigenvalue weighted by Crippen LogP contribution is 2.13. The molecule has 4 heteroatoms. The van der Waals surface area contributed by atoms with Gasteiger partial charge in [-0.2, -0.15) is 0 Å². The van der Waals surface area contributed by atoms with Crippen LogP contribution in [0, 0.1) is 0 Å². The molecule has 0 saturated heterocycles. The zero-order chi connectivity index (χ0) is 12.2. The molecule has 0 fully saturated rings. The Balaban J connectivity index is 2.75. The number of hydrogen-bond donors (Lipinski definition) is 0. The average molecular weight is 218 g/mol. The number of carbonyl (C=O) groups is 1. The smallest absolute Gasteiger partial charge is 0.359 e. The summed E-state index contributed by atoms with van der Waals surface area (Å²) in [4.78, 5) is 11.4. The van der Waals surface area contributed by atoms with E-state index in [1.54, 1.807) is 6.92 Å². The maximum atomic E-state index is 11.4. The van der Waals surface area contributed by atoms with E-state index in [1.807, 2.05) is 37.4 Å². The summed E-state index contributed by atoms with van der Waals surface area (Å²) in [5.74, 6) is -0.291. The molecule has 0 aromatic heterocycles. The van der Waals surface area contributed by atoms with Gasteiger partial charge in [0.25, 0.3) is 0 Å². The summed E-state index contributed by atoms with van der Waals surface area (Å²) in [5.41, 5.74) is 1.10. The molecule has 1 aromatic carbocycles. The summed E-state index contributed by atoms with van der Waals surface area (Å²) >= 11 is 0. The first-order valence-electron chi connectivity index (χ1n) is 5.23. The van der Waals surface area contributed by atoms with Gasteiger partial charge in [-0.15, -0.1) is 0 Å². The Kier molecular flexibility index (Phi) is 4.13. The fourth-order valence-corrected chi connectivity index (χ4v) is 1.53. The third-order valence-corrected chi connectivity index (χ3v) is 2.79. The van der Waals surface area contributed by atoms with Gasteiger partial charge in [-0.1, -0.05) is 30.3 Å². The molecular weight excluding hydrogens is 201 g/mol. The lowest BCUT2D eigenvalue weighted by Gasteiger charge is -2.49. The highest BCUT2D eigenvalue weighted by atomic mass is 16.5. The summed E-state index contributed by atoms with van der Waals surface area (Å²) in [6, 6.07) is 9.47. The summed E-state index contributed by atoms with van der Waals surface area (Å²) in [6.45, 7) is 2.37. The molecule has 0 unspecified atom stereocenters. The SMILES string of the molecule is [B-][N@+](C)(Cc1ccccc1)[C@@H](C)C(=O)OC. The summed E-state index contributed by atoms with van der Waals surface area (Å²) in [5, 5.41) is 0. The minimum absolute atomic E-state index is 0.0939. The fourth-order valence-electron chi connectivity index (χ4n) is 1.53. The molecule has 1 aromatic rings. The van der Waals surface area contributed by atoms with E-state index in [9.17, 15) is 4.79 Å². The number of carbonyl (C=O) groups excluding carboxylic acids is 1. The first-order chi connectivity index (χ1) is 7.47. The van der Waals surface area contributed by atoms with Crippen LogP contribution in [0.4, 0.5) is 0 Å². The van der Waals surface area contributed by atoms with Crippen LogP contribution in [0.1, 0.15) is 12.5 Å². The van der Waals surface area contributed by atoms with Gasteiger partial charge in [-0.05, 0) is 6.92 Å². The van der Waals surface area contributed by atoms with Gasteiger partial charge in [0.1, 0.15) is 6.04 Å². The normalized spacial score (nSPS) is 16.2. The van der Waals surface area contributed by atoms with Crippen LogP contribution >= 0.6 is 0 Å². The zero-order valence-electron chi connectivity index (χ0n) is 10.0. The van der Waals surface area contributed by atoms with E-state index in [0.717, 1.165) is 5.56 Å². The molecule has 0 aliphatic carbocycles. The van der Waals surface area contributed by atoms with Gasteiger partial charge >= 0.3 is 5.97 Å². The standard InChI is InChI=1S/C12H17BNO2/c1-10(12(15)16-3)14(2,13)9-11-7-5-4-6-8-11/h4-8,10H,9H2,1-3H3/t10-,14+/m0/s1. The first kappa shape index (κ1) is 12.8. The lowest BCUT2D eigenvalue weighted by molar-refractivity contribution is -0.825. The maximum absolute atomic E-state index is 11.4. The van der Waals surface area contributed by atoms with Crippen molar-refractivity contribution < 1.29 is 13.9 Å². The Bertz CT molecular complexity index is 351. The second kappa shape index (κ2) is 5.17. The highest BCUT2D eigenvalue weighted by molar-refractivity contribution is 5.98. The van der Waals surface area contributed by atoms with E-state index in [2.05, 4.69) is 0 Å². The van der Waals surface area contributed by atoms with Crippen LogP contribution in [-0.2, 0) is 16.1 Å². The Hall–Kier alpha value is -1.29. The van der Waals surface area contributed by atoms with Crippen molar-refractivity contribution in [1.29, 1.82) is 0 Å². The second-order valence-electron chi connectivity index (χ2n) is 4.19. The van der Waals surface area contributed by atoms with Crippen molar-refractivity contribution >= 4 is 14.0 Å². The monoisotopic (exact) mass is 218 g/mol. The number of rotatable bonds is 4. The van der Waals surface area contributed by atoms with Gasteiger partial charge in [0.05, 0.1) is 13.7 Å². The topological polar surface area (TPSA) is 26.3 Å². The van der Waals surface area contributed by atoms with E-state index < -0.39 is 0 Å². The Morgan fingerprint density at radius 3 is 2.50 bits per heavy atom. The van der Waals surface area contributed by atoms with Crippen LogP contribution < -0.4 is 0 Å². The van der Waals surface area contributed by atoms with Crippen LogP contribution in [-0.4, -0.2) is 38.5 Å². The van der Waals surface area contributed by atoms with E-state index in [4.69, 9.17) is 12.7 Å². The summed E-state index contributed by atoms with van der Waals surface area (Å²) in [6.07, 6.45) is 0. The van der Waals surface area contributed by atoms with Gasteiger partial charge in [-0.25, -0.2) is 12.8 Å². The molecule has 0 amide bonds. The van der Waals surface area contributed by atoms with Crippen LogP contribution in [0.3, 0.4) is 0 Å². The predicted molar refractivity (Wildman–Crippen MR) is 63.6 cm³/mol. The molecule has 0 N–H and O–H groups in total. The van der Waals surface area contributed by atoms with Crippen molar-refractivity contribution in [1.82, 2.24) is 0 Å². The number of benzene rings is 1. The zero-order valence-corrected chi connectivity index (χ0v) is 10.0. The number of nitrogens with zero attached hydrogens (tertiary/aromatic N) is 1. The van der Waals surface area contributed by atoms with Crippen LogP contribution in [0.2, 0.25) is 0 Å². The largest absolute Gasteiger partial charge is 0.575 e. The molecule has 0 aliphatic heterocycles. The quantitative estimate of drug-likeness (QED) is 0.562. The second-order valence-corrected chi connectivity index (χ2v) is 4.19. The molecule has 3 radical (unpaired) electrons. The van der Waals surface area contributed by atoms with Crippen molar-refractivity contribution in [2.24, 2.45) is 0 Å². The van der Waals surface area contributed by atoms with Gasteiger partial charge in [0.2, 0.25) is 0 Å². The molecule has 1 rings (SSSR count). The van der Waals surface area contributed by atoms with Crippen molar-refractivity contribution in [3.8, 4) is 0 Å². The molecule has 0 bridgehead atoms. The van der Waals surface area contributed by atoms with Crippen molar-refractivity contribution in [2.45, 2.75) is 19.5 Å². The lowest BCUT2D eigenvalue weighted by atomic mass is 10.0. The maximum Gasteiger partial charge on any atom is 0.359 e. The number of ether oxygens (including phenoxy) is 1. The van der Waals surface area contributed by atoms with Gasteiger partial charge in [0.15, 0.2) is 0 Å². The van der Waals surface area contributed by atoms with Gasteiger partial charge in [-0.3, -0.25) is 0 Å². The molecular formula is C12H17BNO2.